The molecule has 4 heteroatoms. The lowest BCUT2D eigenvalue weighted by Gasteiger charge is -2.44. The number of methoxy groups -OCH3 is 1. The van der Waals surface area contributed by atoms with Gasteiger partial charge in [-0.3, -0.25) is 4.79 Å². The molecular formula is C32H30N2O2. The Balaban J connectivity index is 1.95. The molecule has 3 aromatic carbocycles. The van der Waals surface area contributed by atoms with Gasteiger partial charge >= 0.3 is 5.97 Å². The molecule has 0 bridgehead atoms. The van der Waals surface area contributed by atoms with Gasteiger partial charge in [-0.25, -0.2) is 0 Å². The third-order valence-electron chi connectivity index (χ3n) is 7.38. The number of carbonyl (C=O) groups excluding carboxylic acids is 1. The number of rotatable bonds is 7. The van der Waals surface area contributed by atoms with Crippen LogP contribution in [-0.4, -0.2) is 13.1 Å². The predicted octanol–water partition coefficient (Wildman–Crippen LogP) is 6.81. The number of carbonyl (C=O) groups is 1. The van der Waals surface area contributed by atoms with Crippen LogP contribution >= 0.6 is 0 Å². The number of hydrogen-bond acceptors (Lipinski definition) is 4. The maximum atomic E-state index is 12.8. The van der Waals surface area contributed by atoms with E-state index >= 15 is 0 Å². The van der Waals surface area contributed by atoms with Gasteiger partial charge in [0, 0.05) is 5.92 Å². The molecule has 0 unspecified atom stereocenters. The molecule has 0 fully saturated rings. The normalized spacial score (nSPS) is 20.0. The molecule has 4 atom stereocenters. The topological polar surface area (TPSA) is 73.9 Å². The maximum absolute atomic E-state index is 12.8. The molecule has 0 amide bonds. The Morgan fingerprint density at radius 2 is 1.56 bits per heavy atom. The first kappa shape index (κ1) is 25.0. The van der Waals surface area contributed by atoms with Gasteiger partial charge in [0.15, 0.2) is 0 Å². The Hall–Kier alpha value is -4.15. The molecule has 3 aromatic rings. The summed E-state index contributed by atoms with van der Waals surface area (Å²) in [7, 11) is 1.41. The molecule has 4 nitrogen and oxygen atoms in total. The highest BCUT2D eigenvalue weighted by Crippen LogP contribution is 2.53. The van der Waals surface area contributed by atoms with Crippen molar-refractivity contribution in [2.75, 3.05) is 7.11 Å². The molecule has 0 spiro atoms. The van der Waals surface area contributed by atoms with Gasteiger partial charge in [0.25, 0.3) is 0 Å². The van der Waals surface area contributed by atoms with E-state index in [0.29, 0.717) is 0 Å². The maximum Gasteiger partial charge on any atom is 0.306 e. The number of hydrogen-bond donors (Lipinski definition) is 0. The summed E-state index contributed by atoms with van der Waals surface area (Å²) in [6.07, 6.45) is 3.16. The van der Waals surface area contributed by atoms with Gasteiger partial charge in [-0.2, -0.15) is 10.5 Å². The Morgan fingerprint density at radius 1 is 0.944 bits per heavy atom. The van der Waals surface area contributed by atoms with Crippen LogP contribution in [-0.2, 0) is 9.53 Å². The van der Waals surface area contributed by atoms with E-state index in [9.17, 15) is 15.3 Å². The quantitative estimate of drug-likeness (QED) is 0.353. The van der Waals surface area contributed by atoms with Crippen LogP contribution in [0.5, 0.6) is 0 Å². The Kier molecular flexibility index (Phi) is 7.99. The molecule has 0 radical (unpaired) electrons. The van der Waals surface area contributed by atoms with Crippen LogP contribution in [0, 0.1) is 47.3 Å². The number of ether oxygens (including phenoxy) is 1. The largest absolute Gasteiger partial charge is 0.469 e. The average Bonchev–Trinajstić information content (AvgIpc) is 2.93. The summed E-state index contributed by atoms with van der Waals surface area (Å²) in [5.41, 5.74) is 5.33. The van der Waals surface area contributed by atoms with Crippen molar-refractivity contribution in [3.8, 4) is 12.1 Å². The van der Waals surface area contributed by atoms with Gasteiger partial charge in [-0.1, -0.05) is 96.6 Å². The lowest BCUT2D eigenvalue weighted by Crippen LogP contribution is -2.36. The number of aryl methyl sites for hydroxylation is 1. The van der Waals surface area contributed by atoms with Gasteiger partial charge in [0.1, 0.15) is 5.92 Å². The van der Waals surface area contributed by atoms with E-state index < -0.39 is 5.92 Å². The van der Waals surface area contributed by atoms with Crippen molar-refractivity contribution in [3.63, 3.8) is 0 Å². The van der Waals surface area contributed by atoms with Gasteiger partial charge in [0.2, 0.25) is 0 Å². The van der Waals surface area contributed by atoms with Crippen molar-refractivity contribution in [2.45, 2.75) is 31.6 Å². The monoisotopic (exact) mass is 474 g/mol. The number of allylic oxidation sites excluding steroid dienone is 2. The van der Waals surface area contributed by atoms with Crippen molar-refractivity contribution in [1.82, 2.24) is 0 Å². The minimum absolute atomic E-state index is 0.0313. The molecule has 0 saturated heterocycles. The van der Waals surface area contributed by atoms with Crippen LogP contribution in [0.15, 0.2) is 91.0 Å². The van der Waals surface area contributed by atoms with Gasteiger partial charge in [-0.15, -0.1) is 0 Å². The minimum atomic E-state index is -0.862. The molecular weight excluding hydrogens is 444 g/mol. The zero-order valence-electron chi connectivity index (χ0n) is 20.7. The fraction of sp³-hybridized carbons (Fsp3) is 0.281. The highest BCUT2D eigenvalue weighted by molar-refractivity contribution is 5.77. The van der Waals surface area contributed by atoms with Crippen molar-refractivity contribution in [1.29, 1.82) is 10.5 Å². The van der Waals surface area contributed by atoms with Crippen LogP contribution in [0.2, 0.25) is 0 Å². The van der Waals surface area contributed by atoms with E-state index in [1.54, 1.807) is 0 Å². The second kappa shape index (κ2) is 11.5. The molecule has 0 saturated carbocycles. The number of esters is 1. The molecule has 1 aliphatic carbocycles. The van der Waals surface area contributed by atoms with E-state index in [4.69, 9.17) is 4.74 Å². The van der Waals surface area contributed by atoms with Gasteiger partial charge < -0.3 is 4.74 Å². The van der Waals surface area contributed by atoms with Crippen molar-refractivity contribution in [3.05, 3.63) is 113 Å². The summed E-state index contributed by atoms with van der Waals surface area (Å²) in [4.78, 5) is 12.8. The van der Waals surface area contributed by atoms with Gasteiger partial charge in [-0.05, 0) is 53.4 Å². The third-order valence-corrected chi connectivity index (χ3v) is 7.38. The minimum Gasteiger partial charge on any atom is -0.469 e. The highest BCUT2D eigenvalue weighted by Gasteiger charge is 2.45. The predicted molar refractivity (Wildman–Crippen MR) is 140 cm³/mol. The van der Waals surface area contributed by atoms with E-state index in [2.05, 4.69) is 42.5 Å². The number of nitriles is 2. The SMILES string of the molecule is COC(=O)C[C@H]1C(c2ccccc2)=CC[C@@H](c2ccccc2)[C@@H]1[C@H](c1ccc(C)cc1)C(C#N)C#N. The fourth-order valence-corrected chi connectivity index (χ4v) is 5.70. The third kappa shape index (κ3) is 5.24. The summed E-state index contributed by atoms with van der Waals surface area (Å²) in [5.74, 6) is -1.91. The molecule has 0 aliphatic heterocycles. The van der Waals surface area contributed by atoms with Crippen molar-refractivity contribution < 1.29 is 9.53 Å². The van der Waals surface area contributed by atoms with Gasteiger partial charge in [0.05, 0.1) is 25.7 Å². The van der Waals surface area contributed by atoms with Crippen molar-refractivity contribution >= 4 is 11.5 Å². The second-order valence-electron chi connectivity index (χ2n) is 9.41. The summed E-state index contributed by atoms with van der Waals surface area (Å²) in [6, 6.07) is 33.0. The molecule has 180 valence electrons. The summed E-state index contributed by atoms with van der Waals surface area (Å²) < 4.78 is 5.14. The lowest BCUT2D eigenvalue weighted by molar-refractivity contribution is -0.141. The van der Waals surface area contributed by atoms with E-state index in [1.807, 2.05) is 67.6 Å². The van der Waals surface area contributed by atoms with Crippen molar-refractivity contribution in [2.24, 2.45) is 17.8 Å². The molecule has 0 heterocycles. The van der Waals surface area contributed by atoms with Crippen LogP contribution in [0.3, 0.4) is 0 Å². The lowest BCUT2D eigenvalue weighted by atomic mass is 9.59. The first-order chi connectivity index (χ1) is 17.6. The van der Waals surface area contributed by atoms with Crippen LogP contribution in [0.4, 0.5) is 0 Å². The summed E-state index contributed by atoms with van der Waals surface area (Å²) in [6.45, 7) is 2.02. The molecule has 0 aromatic heterocycles. The van der Waals surface area contributed by atoms with Crippen LogP contribution in [0.25, 0.3) is 5.57 Å². The molecule has 36 heavy (non-hydrogen) atoms. The molecule has 4 rings (SSSR count). The summed E-state index contributed by atoms with van der Waals surface area (Å²) in [5, 5.41) is 20.2. The number of benzene rings is 3. The van der Waals surface area contributed by atoms with E-state index in [-0.39, 0.29) is 36.1 Å². The standard InChI is InChI=1S/C32H30N2O2/c1-22-13-15-25(16-14-22)31(26(20-33)21-34)32-28(24-11-7-4-8-12-24)18-17-27(23-9-5-3-6-10-23)29(32)19-30(35)36-2/h3-17,26,28-29,31-32H,18-19H2,1-2H3/t28-,29-,31+,32-/m0/s1. The van der Waals surface area contributed by atoms with Crippen LogP contribution < -0.4 is 0 Å². The fourth-order valence-electron chi connectivity index (χ4n) is 5.70. The Bertz CT molecular complexity index is 1270. The highest BCUT2D eigenvalue weighted by atomic mass is 16.5. The molecule has 1 aliphatic rings. The second-order valence-corrected chi connectivity index (χ2v) is 9.41. The van der Waals surface area contributed by atoms with E-state index in [1.165, 1.54) is 7.11 Å². The zero-order valence-corrected chi connectivity index (χ0v) is 20.7. The first-order valence-electron chi connectivity index (χ1n) is 12.3. The van der Waals surface area contributed by atoms with Crippen LogP contribution in [0.1, 0.15) is 46.9 Å². The zero-order chi connectivity index (χ0) is 25.5. The Labute approximate surface area is 213 Å². The Morgan fingerprint density at radius 3 is 2.14 bits per heavy atom. The smallest absolute Gasteiger partial charge is 0.306 e. The van der Waals surface area contributed by atoms with E-state index in [0.717, 1.165) is 34.2 Å². The molecule has 0 N–H and O–H groups in total. The number of nitrogens with zero attached hydrogens (tertiary/aromatic N) is 2. The average molecular weight is 475 g/mol. The summed E-state index contributed by atoms with van der Waals surface area (Å²) >= 11 is 0. The first-order valence-corrected chi connectivity index (χ1v) is 12.3.